The van der Waals surface area contributed by atoms with Crippen LogP contribution in [0.25, 0.3) is 11.5 Å². The SMILES string of the molecule is CCNc1nc(NCC)n2c(SCC(=O)NCc3ccccc3-n3cccn3)nnc2n1. The summed E-state index contributed by atoms with van der Waals surface area (Å²) in [5, 5.41) is 22.4. The van der Waals surface area contributed by atoms with Crippen LogP contribution in [0.4, 0.5) is 11.9 Å². The second-order valence-corrected chi connectivity index (χ2v) is 7.64. The third-order valence-electron chi connectivity index (χ3n) is 4.47. The summed E-state index contributed by atoms with van der Waals surface area (Å²) in [4.78, 5) is 21.4. The number of rotatable bonds is 10. The minimum Gasteiger partial charge on any atom is -0.355 e. The lowest BCUT2D eigenvalue weighted by Gasteiger charge is -2.11. The van der Waals surface area contributed by atoms with Crippen LogP contribution in [0.5, 0.6) is 0 Å². The Bertz CT molecular complexity index is 1190. The lowest BCUT2D eigenvalue weighted by molar-refractivity contribution is -0.118. The molecule has 1 amide bonds. The summed E-state index contributed by atoms with van der Waals surface area (Å²) in [6.07, 6.45) is 3.60. The molecule has 166 valence electrons. The third kappa shape index (κ3) is 4.80. The Hall–Kier alpha value is -3.67. The molecule has 0 radical (unpaired) electrons. The lowest BCUT2D eigenvalue weighted by Crippen LogP contribution is -2.25. The van der Waals surface area contributed by atoms with E-state index in [0.29, 0.717) is 42.5 Å². The van der Waals surface area contributed by atoms with Gasteiger partial charge in [-0.15, -0.1) is 10.2 Å². The third-order valence-corrected chi connectivity index (χ3v) is 5.40. The van der Waals surface area contributed by atoms with Crippen molar-refractivity contribution in [3.8, 4) is 5.69 Å². The zero-order chi connectivity index (χ0) is 22.3. The van der Waals surface area contributed by atoms with E-state index in [1.807, 2.05) is 50.4 Å². The van der Waals surface area contributed by atoms with Gasteiger partial charge in [-0.2, -0.15) is 15.1 Å². The van der Waals surface area contributed by atoms with Gasteiger partial charge in [0.05, 0.1) is 11.4 Å². The molecule has 1 aromatic carbocycles. The highest BCUT2D eigenvalue weighted by atomic mass is 32.2. The average molecular weight is 453 g/mol. The molecule has 0 saturated heterocycles. The topological polar surface area (TPSA) is 127 Å². The van der Waals surface area contributed by atoms with Crippen LogP contribution in [0, 0.1) is 0 Å². The minimum absolute atomic E-state index is 0.114. The van der Waals surface area contributed by atoms with Crippen molar-refractivity contribution in [2.45, 2.75) is 25.5 Å². The zero-order valence-electron chi connectivity index (χ0n) is 17.8. The van der Waals surface area contributed by atoms with Crippen LogP contribution < -0.4 is 16.0 Å². The van der Waals surface area contributed by atoms with Crippen LogP contribution in [0.15, 0.2) is 47.9 Å². The van der Waals surface area contributed by atoms with Crippen molar-refractivity contribution in [1.82, 2.24) is 39.7 Å². The van der Waals surface area contributed by atoms with E-state index in [0.717, 1.165) is 11.3 Å². The van der Waals surface area contributed by atoms with Crippen LogP contribution in [0.3, 0.4) is 0 Å². The maximum absolute atomic E-state index is 12.5. The number of anilines is 2. The smallest absolute Gasteiger partial charge is 0.261 e. The van der Waals surface area contributed by atoms with Gasteiger partial charge in [0.25, 0.3) is 5.78 Å². The van der Waals surface area contributed by atoms with E-state index >= 15 is 0 Å². The van der Waals surface area contributed by atoms with E-state index in [1.165, 1.54) is 11.8 Å². The van der Waals surface area contributed by atoms with Gasteiger partial charge in [-0.05, 0) is 31.5 Å². The number of hydrogen-bond donors (Lipinski definition) is 3. The number of thioether (sulfide) groups is 1. The minimum atomic E-state index is -0.114. The van der Waals surface area contributed by atoms with Gasteiger partial charge in [0.2, 0.25) is 17.8 Å². The molecule has 11 nitrogen and oxygen atoms in total. The molecular weight excluding hydrogens is 428 g/mol. The molecular formula is C20H24N10OS. The number of nitrogens with zero attached hydrogens (tertiary/aromatic N) is 7. The number of carbonyl (C=O) groups excluding carboxylic acids is 1. The second kappa shape index (κ2) is 10.1. The number of para-hydroxylation sites is 1. The summed E-state index contributed by atoms with van der Waals surface area (Å²) >= 11 is 1.28. The summed E-state index contributed by atoms with van der Waals surface area (Å²) in [6.45, 7) is 5.72. The number of fused-ring (bicyclic) bond motifs is 1. The Labute approximate surface area is 189 Å². The molecule has 0 fully saturated rings. The van der Waals surface area contributed by atoms with Crippen molar-refractivity contribution in [1.29, 1.82) is 0 Å². The Kier molecular flexibility index (Phi) is 6.80. The Morgan fingerprint density at radius 1 is 1.06 bits per heavy atom. The molecule has 0 bridgehead atoms. The molecule has 0 aliphatic rings. The molecule has 0 aliphatic carbocycles. The first kappa shape index (κ1) is 21.6. The molecule has 4 aromatic rings. The number of aromatic nitrogens is 7. The molecule has 0 aliphatic heterocycles. The molecule has 3 aromatic heterocycles. The molecule has 3 N–H and O–H groups in total. The maximum atomic E-state index is 12.5. The van der Waals surface area contributed by atoms with E-state index in [-0.39, 0.29) is 11.7 Å². The molecule has 12 heteroatoms. The predicted octanol–water partition coefficient (Wildman–Crippen LogP) is 1.98. The summed E-state index contributed by atoms with van der Waals surface area (Å²) < 4.78 is 3.50. The van der Waals surface area contributed by atoms with Gasteiger partial charge in [0.1, 0.15) is 0 Å². The fourth-order valence-electron chi connectivity index (χ4n) is 3.07. The number of hydrogen-bond acceptors (Lipinski definition) is 9. The lowest BCUT2D eigenvalue weighted by atomic mass is 10.2. The average Bonchev–Trinajstić information content (AvgIpc) is 3.47. The fourth-order valence-corrected chi connectivity index (χ4v) is 3.83. The summed E-state index contributed by atoms with van der Waals surface area (Å²) in [5.41, 5.74) is 1.90. The van der Waals surface area contributed by atoms with Gasteiger partial charge < -0.3 is 16.0 Å². The van der Waals surface area contributed by atoms with E-state index in [4.69, 9.17) is 0 Å². The first-order valence-electron chi connectivity index (χ1n) is 10.3. The van der Waals surface area contributed by atoms with Gasteiger partial charge in [-0.3, -0.25) is 4.79 Å². The van der Waals surface area contributed by atoms with Crippen molar-refractivity contribution in [2.75, 3.05) is 29.5 Å². The summed E-state index contributed by atoms with van der Waals surface area (Å²) in [5.74, 6) is 1.55. The molecule has 0 atom stereocenters. The first-order chi connectivity index (χ1) is 15.7. The van der Waals surface area contributed by atoms with Gasteiger partial charge in [-0.1, -0.05) is 30.0 Å². The van der Waals surface area contributed by atoms with E-state index in [2.05, 4.69) is 41.2 Å². The van der Waals surface area contributed by atoms with E-state index in [1.54, 1.807) is 15.3 Å². The normalized spacial score (nSPS) is 10.9. The van der Waals surface area contributed by atoms with Crippen molar-refractivity contribution in [3.05, 3.63) is 48.3 Å². The summed E-state index contributed by atoms with van der Waals surface area (Å²) in [6, 6.07) is 9.69. The van der Waals surface area contributed by atoms with Gasteiger partial charge in [-0.25, -0.2) is 9.08 Å². The van der Waals surface area contributed by atoms with Crippen LogP contribution in [0.1, 0.15) is 19.4 Å². The molecule has 3 heterocycles. The molecule has 0 saturated carbocycles. The van der Waals surface area contributed by atoms with E-state index < -0.39 is 0 Å². The largest absolute Gasteiger partial charge is 0.355 e. The van der Waals surface area contributed by atoms with Crippen molar-refractivity contribution in [3.63, 3.8) is 0 Å². The van der Waals surface area contributed by atoms with Gasteiger partial charge in [0, 0.05) is 32.0 Å². The van der Waals surface area contributed by atoms with Crippen molar-refractivity contribution < 1.29 is 4.79 Å². The maximum Gasteiger partial charge on any atom is 0.261 e. The molecule has 0 unspecified atom stereocenters. The Morgan fingerprint density at radius 3 is 2.69 bits per heavy atom. The number of benzene rings is 1. The number of carbonyl (C=O) groups is 1. The highest BCUT2D eigenvalue weighted by Crippen LogP contribution is 2.21. The second-order valence-electron chi connectivity index (χ2n) is 6.69. The van der Waals surface area contributed by atoms with E-state index in [9.17, 15) is 4.79 Å². The van der Waals surface area contributed by atoms with Crippen LogP contribution in [-0.2, 0) is 11.3 Å². The van der Waals surface area contributed by atoms with Crippen LogP contribution in [-0.4, -0.2) is 59.1 Å². The van der Waals surface area contributed by atoms with Crippen molar-refractivity contribution in [2.24, 2.45) is 0 Å². The molecule has 32 heavy (non-hydrogen) atoms. The van der Waals surface area contributed by atoms with Crippen LogP contribution in [0.2, 0.25) is 0 Å². The Balaban J connectivity index is 1.43. The Morgan fingerprint density at radius 2 is 1.91 bits per heavy atom. The van der Waals surface area contributed by atoms with Crippen LogP contribution >= 0.6 is 11.8 Å². The van der Waals surface area contributed by atoms with Gasteiger partial charge in [0.15, 0.2) is 5.16 Å². The number of amides is 1. The molecule has 4 rings (SSSR count). The quantitative estimate of drug-likeness (QED) is 0.310. The number of nitrogens with one attached hydrogen (secondary N) is 3. The predicted molar refractivity (Wildman–Crippen MR) is 123 cm³/mol. The fraction of sp³-hybridized carbons (Fsp3) is 0.300. The highest BCUT2D eigenvalue weighted by molar-refractivity contribution is 7.99. The highest BCUT2D eigenvalue weighted by Gasteiger charge is 2.16. The van der Waals surface area contributed by atoms with Gasteiger partial charge >= 0.3 is 0 Å². The zero-order valence-corrected chi connectivity index (χ0v) is 18.6. The standard InChI is InChI=1S/C20H24N10OS/c1-3-21-17-25-18(22-4-2)30-19(26-17)27-28-20(30)32-13-16(31)23-12-14-8-5-6-9-15(14)29-11-7-10-24-29/h5-11H,3-4,12-13H2,1-2H3,(H,23,31)(H2,21,22,25,26,27). The summed E-state index contributed by atoms with van der Waals surface area (Å²) in [7, 11) is 0. The molecule has 0 spiro atoms. The first-order valence-corrected chi connectivity index (χ1v) is 11.3. The van der Waals surface area contributed by atoms with Crippen molar-refractivity contribution >= 4 is 35.3 Å². The monoisotopic (exact) mass is 452 g/mol.